The first-order valence-electron chi connectivity index (χ1n) is 5.66. The number of anilines is 1. The SMILES string of the molecule is CCC(C)c1ccc(C)nc1NC(=O)NOC. The number of hydroxylamine groups is 1. The molecule has 0 aliphatic rings. The standard InChI is InChI=1S/C12H19N3O2/c1-5-8(2)10-7-6-9(3)13-11(10)14-12(16)15-17-4/h6-8H,5H2,1-4H3,(H2,13,14,15,16). The van der Waals surface area contributed by atoms with E-state index in [-0.39, 0.29) is 0 Å². The average Bonchev–Trinajstić information content (AvgIpc) is 2.28. The van der Waals surface area contributed by atoms with Crippen molar-refractivity contribution in [1.29, 1.82) is 0 Å². The van der Waals surface area contributed by atoms with Crippen molar-refractivity contribution in [3.63, 3.8) is 0 Å². The molecule has 17 heavy (non-hydrogen) atoms. The molecule has 5 heteroatoms. The molecule has 1 heterocycles. The van der Waals surface area contributed by atoms with Gasteiger partial charge in [-0.15, -0.1) is 0 Å². The van der Waals surface area contributed by atoms with Crippen molar-refractivity contribution < 1.29 is 9.63 Å². The topological polar surface area (TPSA) is 63.2 Å². The molecule has 2 N–H and O–H groups in total. The van der Waals surface area contributed by atoms with E-state index in [9.17, 15) is 4.79 Å². The summed E-state index contributed by atoms with van der Waals surface area (Å²) in [6.07, 6.45) is 0.991. The van der Waals surface area contributed by atoms with Crippen molar-refractivity contribution in [1.82, 2.24) is 10.5 Å². The van der Waals surface area contributed by atoms with E-state index in [1.165, 1.54) is 7.11 Å². The van der Waals surface area contributed by atoms with Crippen molar-refractivity contribution >= 4 is 11.8 Å². The zero-order chi connectivity index (χ0) is 12.8. The first-order valence-corrected chi connectivity index (χ1v) is 5.66. The zero-order valence-electron chi connectivity index (χ0n) is 10.7. The molecule has 0 spiro atoms. The number of rotatable bonds is 4. The number of amides is 2. The number of nitrogens with zero attached hydrogens (tertiary/aromatic N) is 1. The maximum absolute atomic E-state index is 11.4. The Morgan fingerprint density at radius 3 is 2.82 bits per heavy atom. The van der Waals surface area contributed by atoms with Gasteiger partial charge in [-0.3, -0.25) is 10.2 Å². The van der Waals surface area contributed by atoms with Gasteiger partial charge in [-0.25, -0.2) is 15.3 Å². The fourth-order valence-corrected chi connectivity index (χ4v) is 1.51. The summed E-state index contributed by atoms with van der Waals surface area (Å²) in [5, 5.41) is 2.68. The van der Waals surface area contributed by atoms with E-state index in [0.717, 1.165) is 17.7 Å². The van der Waals surface area contributed by atoms with E-state index < -0.39 is 6.03 Å². The van der Waals surface area contributed by atoms with Crippen LogP contribution in [0.1, 0.15) is 37.4 Å². The number of aromatic nitrogens is 1. The summed E-state index contributed by atoms with van der Waals surface area (Å²) < 4.78 is 0. The molecule has 0 saturated carbocycles. The van der Waals surface area contributed by atoms with Gasteiger partial charge >= 0.3 is 6.03 Å². The van der Waals surface area contributed by atoms with Crippen molar-refractivity contribution in [2.75, 3.05) is 12.4 Å². The van der Waals surface area contributed by atoms with Crippen LogP contribution in [0.15, 0.2) is 12.1 Å². The highest BCUT2D eigenvalue weighted by atomic mass is 16.6. The predicted molar refractivity (Wildman–Crippen MR) is 66.8 cm³/mol. The number of nitrogens with one attached hydrogen (secondary N) is 2. The van der Waals surface area contributed by atoms with E-state index in [0.29, 0.717) is 11.7 Å². The summed E-state index contributed by atoms with van der Waals surface area (Å²) in [5.74, 6) is 0.940. The van der Waals surface area contributed by atoms with Crippen LogP contribution in [0.25, 0.3) is 0 Å². The van der Waals surface area contributed by atoms with Crippen molar-refractivity contribution in [2.45, 2.75) is 33.1 Å². The highest BCUT2D eigenvalue weighted by molar-refractivity contribution is 5.88. The molecule has 1 rings (SSSR count). The van der Waals surface area contributed by atoms with Crippen LogP contribution in [0.4, 0.5) is 10.6 Å². The number of carbonyl (C=O) groups is 1. The molecule has 0 aliphatic carbocycles. The second-order valence-electron chi connectivity index (χ2n) is 3.96. The molecule has 0 fully saturated rings. The minimum atomic E-state index is -0.421. The minimum Gasteiger partial charge on any atom is -0.290 e. The van der Waals surface area contributed by atoms with E-state index in [4.69, 9.17) is 0 Å². The quantitative estimate of drug-likeness (QED) is 0.791. The van der Waals surface area contributed by atoms with Crippen LogP contribution in [0.3, 0.4) is 0 Å². The van der Waals surface area contributed by atoms with Gasteiger partial charge in [-0.05, 0) is 30.9 Å². The monoisotopic (exact) mass is 237 g/mol. The Balaban J connectivity index is 2.94. The highest BCUT2D eigenvalue weighted by Gasteiger charge is 2.12. The van der Waals surface area contributed by atoms with E-state index >= 15 is 0 Å². The number of hydrogen-bond acceptors (Lipinski definition) is 3. The van der Waals surface area contributed by atoms with Gasteiger partial charge in [0.1, 0.15) is 5.82 Å². The predicted octanol–water partition coefficient (Wildman–Crippen LogP) is 2.59. The number of aryl methyl sites for hydroxylation is 1. The molecule has 0 aliphatic heterocycles. The average molecular weight is 237 g/mol. The Hall–Kier alpha value is -1.62. The van der Waals surface area contributed by atoms with E-state index in [1.54, 1.807) is 0 Å². The fraction of sp³-hybridized carbons (Fsp3) is 0.500. The van der Waals surface area contributed by atoms with Crippen LogP contribution in [0.5, 0.6) is 0 Å². The third kappa shape index (κ3) is 3.71. The number of carbonyl (C=O) groups excluding carboxylic acids is 1. The van der Waals surface area contributed by atoms with Crippen molar-refractivity contribution in [2.24, 2.45) is 0 Å². The van der Waals surface area contributed by atoms with Crippen LogP contribution >= 0.6 is 0 Å². The van der Waals surface area contributed by atoms with Crippen LogP contribution < -0.4 is 10.8 Å². The van der Waals surface area contributed by atoms with Crippen LogP contribution in [-0.2, 0) is 4.84 Å². The van der Waals surface area contributed by atoms with Gasteiger partial charge in [0.15, 0.2) is 0 Å². The van der Waals surface area contributed by atoms with Gasteiger partial charge in [0.05, 0.1) is 7.11 Å². The van der Waals surface area contributed by atoms with E-state index in [1.807, 2.05) is 19.1 Å². The molecule has 94 valence electrons. The highest BCUT2D eigenvalue weighted by Crippen LogP contribution is 2.25. The molecule has 0 aromatic carbocycles. The van der Waals surface area contributed by atoms with Gasteiger partial charge in [-0.1, -0.05) is 19.9 Å². The lowest BCUT2D eigenvalue weighted by Crippen LogP contribution is -2.28. The third-order valence-electron chi connectivity index (χ3n) is 2.64. The summed E-state index contributed by atoms with van der Waals surface area (Å²) in [5.41, 5.74) is 4.10. The largest absolute Gasteiger partial charge is 0.344 e. The molecule has 1 aromatic rings. The molecule has 2 amide bonds. The Morgan fingerprint density at radius 2 is 2.24 bits per heavy atom. The summed E-state index contributed by atoms with van der Waals surface area (Å²) >= 11 is 0. The molecule has 0 radical (unpaired) electrons. The summed E-state index contributed by atoms with van der Waals surface area (Å²) in [6, 6.07) is 3.52. The van der Waals surface area contributed by atoms with Gasteiger partial charge in [0.25, 0.3) is 0 Å². The lowest BCUT2D eigenvalue weighted by molar-refractivity contribution is 0.114. The molecule has 1 aromatic heterocycles. The Labute approximate surface area is 102 Å². The second-order valence-corrected chi connectivity index (χ2v) is 3.96. The molecule has 1 atom stereocenters. The molecule has 5 nitrogen and oxygen atoms in total. The summed E-state index contributed by atoms with van der Waals surface area (Å²) in [7, 11) is 1.39. The van der Waals surface area contributed by atoms with Crippen molar-refractivity contribution in [3.8, 4) is 0 Å². The molecule has 1 unspecified atom stereocenters. The lowest BCUT2D eigenvalue weighted by atomic mass is 9.99. The third-order valence-corrected chi connectivity index (χ3v) is 2.64. The van der Waals surface area contributed by atoms with Crippen LogP contribution in [-0.4, -0.2) is 18.1 Å². The van der Waals surface area contributed by atoms with Crippen LogP contribution in [0, 0.1) is 6.92 Å². The Bertz CT molecular complexity index is 393. The summed E-state index contributed by atoms with van der Waals surface area (Å²) in [4.78, 5) is 20.3. The maximum atomic E-state index is 11.4. The number of pyridine rings is 1. The second kappa shape index (κ2) is 6.20. The van der Waals surface area contributed by atoms with Gasteiger partial charge < -0.3 is 0 Å². The van der Waals surface area contributed by atoms with Crippen molar-refractivity contribution in [3.05, 3.63) is 23.4 Å². The lowest BCUT2D eigenvalue weighted by Gasteiger charge is -2.15. The molecule has 0 saturated heterocycles. The van der Waals surface area contributed by atoms with Gasteiger partial charge in [-0.2, -0.15) is 0 Å². The molecule has 0 bridgehead atoms. The molecular formula is C12H19N3O2. The number of urea groups is 1. The first-order chi connectivity index (χ1) is 8.08. The fourth-order valence-electron chi connectivity index (χ4n) is 1.51. The van der Waals surface area contributed by atoms with Gasteiger partial charge in [0.2, 0.25) is 0 Å². The Morgan fingerprint density at radius 1 is 1.53 bits per heavy atom. The van der Waals surface area contributed by atoms with Crippen LogP contribution in [0.2, 0.25) is 0 Å². The number of hydrogen-bond donors (Lipinski definition) is 2. The zero-order valence-corrected chi connectivity index (χ0v) is 10.7. The smallest absolute Gasteiger partial charge is 0.290 e. The molecular weight excluding hydrogens is 218 g/mol. The summed E-state index contributed by atoms with van der Waals surface area (Å²) in [6.45, 7) is 6.09. The van der Waals surface area contributed by atoms with Gasteiger partial charge in [0, 0.05) is 5.69 Å². The maximum Gasteiger partial charge on any atom is 0.344 e. The minimum absolute atomic E-state index is 0.348. The normalized spacial score (nSPS) is 12.0. The van der Waals surface area contributed by atoms with E-state index in [2.05, 4.69) is 34.5 Å². The first kappa shape index (κ1) is 13.4. The Kier molecular flexibility index (Phi) is 4.90.